The van der Waals surface area contributed by atoms with Crippen LogP contribution in [-0.2, 0) is 0 Å². The molecule has 0 saturated heterocycles. The van der Waals surface area contributed by atoms with Crippen molar-refractivity contribution in [2.75, 3.05) is 0 Å². The predicted octanol–water partition coefficient (Wildman–Crippen LogP) is 3.00. The van der Waals surface area contributed by atoms with Gasteiger partial charge in [0.2, 0.25) is 0 Å². The van der Waals surface area contributed by atoms with Crippen molar-refractivity contribution in [1.29, 1.82) is 0 Å². The second-order valence-corrected chi connectivity index (χ2v) is 5.25. The van der Waals surface area contributed by atoms with Crippen LogP contribution in [0.25, 0.3) is 16.3 Å². The Labute approximate surface area is 119 Å². The first-order valence-electron chi connectivity index (χ1n) is 5.96. The van der Waals surface area contributed by atoms with Gasteiger partial charge in [-0.15, -0.1) is 11.3 Å². The number of aromatic carboxylic acids is 1. The molecule has 0 fully saturated rings. The number of rotatable bonds is 3. The number of thiazole rings is 1. The van der Waals surface area contributed by atoms with Crippen LogP contribution < -0.4 is 0 Å². The summed E-state index contributed by atoms with van der Waals surface area (Å²) in [5.74, 6) is -0.943. The van der Waals surface area contributed by atoms with E-state index in [1.807, 2.05) is 36.5 Å². The summed E-state index contributed by atoms with van der Waals surface area (Å²) >= 11 is 1.17. The number of aryl methyl sites for hydroxylation is 1. The lowest BCUT2D eigenvalue weighted by molar-refractivity contribution is 0.0701. The Hall–Kier alpha value is -2.47. The summed E-state index contributed by atoms with van der Waals surface area (Å²) in [6, 6.07) is 9.72. The van der Waals surface area contributed by atoms with Gasteiger partial charge >= 0.3 is 5.97 Å². The second kappa shape index (κ2) is 4.90. The van der Waals surface area contributed by atoms with Gasteiger partial charge in [-0.3, -0.25) is 0 Å². The van der Waals surface area contributed by atoms with E-state index in [2.05, 4.69) is 10.1 Å². The molecule has 20 heavy (non-hydrogen) atoms. The molecule has 0 saturated carbocycles. The standard InChI is InChI=1S/C14H11N3O2S/c1-9-12(14(18)19)20-13(16-9)10-7-15-17(8-10)11-5-3-2-4-6-11/h2-8H,1H3,(H,18,19). The molecule has 6 heteroatoms. The zero-order chi connectivity index (χ0) is 14.1. The maximum absolute atomic E-state index is 11.0. The minimum absolute atomic E-state index is 0.271. The number of carboxylic acids is 1. The summed E-state index contributed by atoms with van der Waals surface area (Å²) in [5.41, 5.74) is 2.30. The molecule has 3 aromatic rings. The highest BCUT2D eigenvalue weighted by atomic mass is 32.1. The molecule has 0 radical (unpaired) electrons. The van der Waals surface area contributed by atoms with Crippen LogP contribution in [0.4, 0.5) is 0 Å². The van der Waals surface area contributed by atoms with Gasteiger partial charge in [0.15, 0.2) is 0 Å². The molecule has 0 spiro atoms. The monoisotopic (exact) mass is 285 g/mol. The van der Waals surface area contributed by atoms with Gasteiger partial charge in [0.25, 0.3) is 0 Å². The highest BCUT2D eigenvalue weighted by Gasteiger charge is 2.16. The normalized spacial score (nSPS) is 10.7. The number of hydrogen-bond donors (Lipinski definition) is 1. The minimum atomic E-state index is -0.943. The van der Waals surface area contributed by atoms with Crippen LogP contribution in [0.1, 0.15) is 15.4 Å². The van der Waals surface area contributed by atoms with Crippen molar-refractivity contribution in [1.82, 2.24) is 14.8 Å². The molecule has 1 aromatic carbocycles. The molecular weight excluding hydrogens is 274 g/mol. The van der Waals surface area contributed by atoms with Gasteiger partial charge in [0.05, 0.1) is 17.6 Å². The number of nitrogens with zero attached hydrogens (tertiary/aromatic N) is 3. The summed E-state index contributed by atoms with van der Waals surface area (Å²) in [6.07, 6.45) is 3.54. The number of para-hydroxylation sites is 1. The average Bonchev–Trinajstić information content (AvgIpc) is 3.06. The van der Waals surface area contributed by atoms with Gasteiger partial charge in [-0.2, -0.15) is 5.10 Å². The number of carboxylic acid groups (broad SMARTS) is 1. The van der Waals surface area contributed by atoms with Crippen molar-refractivity contribution in [3.05, 3.63) is 53.3 Å². The van der Waals surface area contributed by atoms with Crippen molar-refractivity contribution >= 4 is 17.3 Å². The maximum Gasteiger partial charge on any atom is 0.347 e. The molecule has 0 unspecified atom stereocenters. The van der Waals surface area contributed by atoms with Crippen molar-refractivity contribution in [2.45, 2.75) is 6.92 Å². The van der Waals surface area contributed by atoms with E-state index in [0.29, 0.717) is 10.7 Å². The van der Waals surface area contributed by atoms with E-state index in [4.69, 9.17) is 5.11 Å². The summed E-state index contributed by atoms with van der Waals surface area (Å²) in [7, 11) is 0. The van der Waals surface area contributed by atoms with Crippen LogP contribution in [0.15, 0.2) is 42.7 Å². The third-order valence-electron chi connectivity index (χ3n) is 2.84. The Morgan fingerprint density at radius 1 is 1.30 bits per heavy atom. The van der Waals surface area contributed by atoms with Crippen LogP contribution >= 0.6 is 11.3 Å². The topological polar surface area (TPSA) is 68.0 Å². The first kappa shape index (κ1) is 12.6. The third kappa shape index (κ3) is 2.21. The molecule has 2 heterocycles. The molecule has 100 valence electrons. The zero-order valence-corrected chi connectivity index (χ0v) is 11.5. The average molecular weight is 285 g/mol. The van der Waals surface area contributed by atoms with Crippen LogP contribution in [0.5, 0.6) is 0 Å². The second-order valence-electron chi connectivity index (χ2n) is 4.25. The van der Waals surface area contributed by atoms with Crippen molar-refractivity contribution in [3.8, 4) is 16.3 Å². The Morgan fingerprint density at radius 3 is 2.70 bits per heavy atom. The Balaban J connectivity index is 1.98. The Bertz CT molecular complexity index is 762. The summed E-state index contributed by atoms with van der Waals surface area (Å²) in [6.45, 7) is 1.70. The van der Waals surface area contributed by atoms with Gasteiger partial charge in [0, 0.05) is 11.8 Å². The lowest BCUT2D eigenvalue weighted by atomic mass is 10.3. The van der Waals surface area contributed by atoms with Gasteiger partial charge in [-0.25, -0.2) is 14.5 Å². The van der Waals surface area contributed by atoms with Gasteiger partial charge in [-0.1, -0.05) is 18.2 Å². The van der Waals surface area contributed by atoms with E-state index >= 15 is 0 Å². The third-order valence-corrected chi connectivity index (χ3v) is 4.04. The van der Waals surface area contributed by atoms with E-state index < -0.39 is 5.97 Å². The van der Waals surface area contributed by atoms with Crippen LogP contribution in [0, 0.1) is 6.92 Å². The van der Waals surface area contributed by atoms with Gasteiger partial charge in [0.1, 0.15) is 9.88 Å². The molecule has 0 bridgehead atoms. The molecule has 0 amide bonds. The largest absolute Gasteiger partial charge is 0.477 e. The number of benzene rings is 1. The van der Waals surface area contributed by atoms with Gasteiger partial charge < -0.3 is 5.11 Å². The van der Waals surface area contributed by atoms with Crippen LogP contribution in [0.3, 0.4) is 0 Å². The molecule has 2 aromatic heterocycles. The Morgan fingerprint density at radius 2 is 2.05 bits per heavy atom. The zero-order valence-electron chi connectivity index (χ0n) is 10.6. The SMILES string of the molecule is Cc1nc(-c2cnn(-c3ccccc3)c2)sc1C(=O)O. The number of aromatic nitrogens is 3. The molecule has 1 N–H and O–H groups in total. The molecule has 0 aliphatic heterocycles. The van der Waals surface area contributed by atoms with Crippen LogP contribution in [-0.4, -0.2) is 25.8 Å². The van der Waals surface area contributed by atoms with E-state index in [-0.39, 0.29) is 4.88 Å². The van der Waals surface area contributed by atoms with E-state index in [1.54, 1.807) is 17.8 Å². The molecule has 5 nitrogen and oxygen atoms in total. The highest BCUT2D eigenvalue weighted by Crippen LogP contribution is 2.28. The van der Waals surface area contributed by atoms with Crippen LogP contribution in [0.2, 0.25) is 0 Å². The summed E-state index contributed by atoms with van der Waals surface area (Å²) in [5, 5.41) is 14.0. The van der Waals surface area contributed by atoms with Crippen molar-refractivity contribution < 1.29 is 9.90 Å². The Kier molecular flexibility index (Phi) is 3.08. The maximum atomic E-state index is 11.0. The first-order chi connectivity index (χ1) is 9.65. The molecule has 0 atom stereocenters. The van der Waals surface area contributed by atoms with Crippen molar-refractivity contribution in [3.63, 3.8) is 0 Å². The fourth-order valence-electron chi connectivity index (χ4n) is 1.87. The van der Waals surface area contributed by atoms with E-state index in [1.165, 1.54) is 11.3 Å². The quantitative estimate of drug-likeness (QED) is 0.803. The highest BCUT2D eigenvalue weighted by molar-refractivity contribution is 7.17. The minimum Gasteiger partial charge on any atom is -0.477 e. The fraction of sp³-hybridized carbons (Fsp3) is 0.0714. The lowest BCUT2D eigenvalue weighted by Crippen LogP contribution is -1.94. The van der Waals surface area contributed by atoms with Gasteiger partial charge in [-0.05, 0) is 19.1 Å². The first-order valence-corrected chi connectivity index (χ1v) is 6.78. The summed E-state index contributed by atoms with van der Waals surface area (Å²) in [4.78, 5) is 15.6. The van der Waals surface area contributed by atoms with E-state index in [0.717, 1.165) is 11.3 Å². The summed E-state index contributed by atoms with van der Waals surface area (Å²) < 4.78 is 1.74. The predicted molar refractivity (Wildman–Crippen MR) is 76.4 cm³/mol. The molecular formula is C14H11N3O2S. The molecule has 0 aliphatic carbocycles. The smallest absolute Gasteiger partial charge is 0.347 e. The molecule has 3 rings (SSSR count). The number of hydrogen-bond acceptors (Lipinski definition) is 4. The van der Waals surface area contributed by atoms with Crippen molar-refractivity contribution in [2.24, 2.45) is 0 Å². The number of carbonyl (C=O) groups is 1. The molecule has 0 aliphatic rings. The lowest BCUT2D eigenvalue weighted by Gasteiger charge is -1.98. The van der Waals surface area contributed by atoms with E-state index in [9.17, 15) is 4.79 Å². The fourth-order valence-corrected chi connectivity index (χ4v) is 2.75.